The normalized spacial score (nSPS) is 17.4. The van der Waals surface area contributed by atoms with Crippen molar-refractivity contribution in [3.8, 4) is 11.8 Å². The quantitative estimate of drug-likeness (QED) is 0.633. The van der Waals surface area contributed by atoms with E-state index in [2.05, 4.69) is 11.8 Å². The van der Waals surface area contributed by atoms with Crippen molar-refractivity contribution < 1.29 is 9.59 Å². The number of imide groups is 1. The number of hydrogen-bond donors (Lipinski definition) is 1. The van der Waals surface area contributed by atoms with Crippen molar-refractivity contribution >= 4 is 17.5 Å². The maximum atomic E-state index is 12.3. The van der Waals surface area contributed by atoms with Crippen LogP contribution in [0.3, 0.4) is 0 Å². The first kappa shape index (κ1) is 15.3. The molecule has 0 bridgehead atoms. The summed E-state index contributed by atoms with van der Waals surface area (Å²) in [6.45, 7) is 6.07. The average molecular weight is 284 g/mol. The van der Waals surface area contributed by atoms with Gasteiger partial charge in [0.25, 0.3) is 0 Å². The molecule has 0 unspecified atom stereocenters. The number of nitrogens with zero attached hydrogens (tertiary/aromatic N) is 1. The number of nitrogens with two attached hydrogens (primary N) is 1. The van der Waals surface area contributed by atoms with E-state index >= 15 is 0 Å². The summed E-state index contributed by atoms with van der Waals surface area (Å²) in [6.07, 6.45) is 0.764. The lowest BCUT2D eigenvalue weighted by molar-refractivity contribution is -0.132. The van der Waals surface area contributed by atoms with Crippen LogP contribution in [0.4, 0.5) is 5.69 Å². The number of amides is 2. The second kappa shape index (κ2) is 5.71. The Morgan fingerprint density at radius 2 is 1.86 bits per heavy atom. The van der Waals surface area contributed by atoms with Crippen LogP contribution in [-0.4, -0.2) is 18.4 Å². The molecule has 0 atom stereocenters. The predicted octanol–water partition coefficient (Wildman–Crippen LogP) is 1.98. The highest BCUT2D eigenvalue weighted by Crippen LogP contribution is 2.35. The van der Waals surface area contributed by atoms with E-state index in [-0.39, 0.29) is 17.2 Å². The van der Waals surface area contributed by atoms with Crippen LogP contribution in [0.1, 0.15) is 37.8 Å². The van der Waals surface area contributed by atoms with Gasteiger partial charge in [-0.1, -0.05) is 25.7 Å². The van der Waals surface area contributed by atoms with Crippen LogP contribution in [0.2, 0.25) is 0 Å². The van der Waals surface area contributed by atoms with E-state index in [1.165, 1.54) is 4.90 Å². The molecule has 4 nitrogen and oxygen atoms in total. The molecule has 1 aromatic rings. The van der Waals surface area contributed by atoms with Crippen molar-refractivity contribution in [3.63, 3.8) is 0 Å². The van der Waals surface area contributed by atoms with Gasteiger partial charge >= 0.3 is 0 Å². The second-order valence-electron chi connectivity index (χ2n) is 6.15. The van der Waals surface area contributed by atoms with Gasteiger partial charge in [-0.3, -0.25) is 14.5 Å². The van der Waals surface area contributed by atoms with E-state index in [0.717, 1.165) is 11.1 Å². The van der Waals surface area contributed by atoms with Crippen molar-refractivity contribution in [2.45, 2.75) is 33.6 Å². The van der Waals surface area contributed by atoms with Crippen molar-refractivity contribution in [2.75, 3.05) is 11.4 Å². The summed E-state index contributed by atoms with van der Waals surface area (Å²) >= 11 is 0. The Morgan fingerprint density at radius 3 is 2.38 bits per heavy atom. The fraction of sp³-hybridized carbons (Fsp3) is 0.412. The minimum Gasteiger partial charge on any atom is -0.320 e. The standard InChI is InChI=1S/C17H20N2O2/c1-12-9-13(5-4-8-18)6-7-14(12)19-15(20)10-17(2,3)11-16(19)21/h6-7,9H,8,10-11,18H2,1-3H3. The lowest BCUT2D eigenvalue weighted by atomic mass is 9.81. The molecule has 1 fully saturated rings. The Balaban J connectivity index is 2.34. The van der Waals surface area contributed by atoms with Crippen molar-refractivity contribution in [2.24, 2.45) is 11.1 Å². The van der Waals surface area contributed by atoms with Crippen LogP contribution >= 0.6 is 0 Å². The number of carbonyl (C=O) groups is 2. The highest BCUT2D eigenvalue weighted by molar-refractivity contribution is 6.17. The number of anilines is 1. The molecule has 0 aliphatic carbocycles. The number of piperidine rings is 1. The van der Waals surface area contributed by atoms with Gasteiger partial charge in [0.05, 0.1) is 12.2 Å². The Kier molecular flexibility index (Phi) is 4.15. The molecule has 2 rings (SSSR count). The van der Waals surface area contributed by atoms with Crippen LogP contribution in [0.15, 0.2) is 18.2 Å². The van der Waals surface area contributed by atoms with Crippen molar-refractivity contribution in [3.05, 3.63) is 29.3 Å². The summed E-state index contributed by atoms with van der Waals surface area (Å²) in [5.74, 6) is 5.46. The van der Waals surface area contributed by atoms with E-state index in [1.807, 2.05) is 32.9 Å². The molecule has 0 aromatic heterocycles. The van der Waals surface area contributed by atoms with Gasteiger partial charge in [-0.2, -0.15) is 0 Å². The topological polar surface area (TPSA) is 63.4 Å². The predicted molar refractivity (Wildman–Crippen MR) is 82.6 cm³/mol. The Labute approximate surface area is 125 Å². The zero-order valence-corrected chi connectivity index (χ0v) is 12.7. The summed E-state index contributed by atoms with van der Waals surface area (Å²) in [6, 6.07) is 5.47. The van der Waals surface area contributed by atoms with Crippen molar-refractivity contribution in [1.29, 1.82) is 0 Å². The molecule has 2 N–H and O–H groups in total. The van der Waals surface area contributed by atoms with Gasteiger partial charge in [-0.05, 0) is 36.1 Å². The Hall–Kier alpha value is -2.12. The lowest BCUT2D eigenvalue weighted by Crippen LogP contribution is -2.46. The van der Waals surface area contributed by atoms with Crippen LogP contribution in [0.5, 0.6) is 0 Å². The molecule has 1 aliphatic heterocycles. The molecular formula is C17H20N2O2. The third-order valence-corrected chi connectivity index (χ3v) is 3.53. The smallest absolute Gasteiger partial charge is 0.234 e. The molecule has 110 valence electrons. The number of hydrogen-bond acceptors (Lipinski definition) is 3. The van der Waals surface area contributed by atoms with Gasteiger partial charge in [0, 0.05) is 18.4 Å². The molecule has 2 amide bonds. The fourth-order valence-electron chi connectivity index (χ4n) is 2.58. The molecular weight excluding hydrogens is 264 g/mol. The monoisotopic (exact) mass is 284 g/mol. The minimum atomic E-state index is -0.259. The summed E-state index contributed by atoms with van der Waals surface area (Å²) in [5, 5.41) is 0. The Bertz CT molecular complexity index is 630. The van der Waals surface area contributed by atoms with Crippen LogP contribution in [0, 0.1) is 24.2 Å². The first-order chi connectivity index (χ1) is 9.84. The van der Waals surface area contributed by atoms with E-state index < -0.39 is 0 Å². The third kappa shape index (κ3) is 3.32. The summed E-state index contributed by atoms with van der Waals surface area (Å²) < 4.78 is 0. The van der Waals surface area contributed by atoms with E-state index in [1.54, 1.807) is 6.07 Å². The molecule has 0 spiro atoms. The molecule has 1 saturated heterocycles. The SMILES string of the molecule is Cc1cc(C#CCN)ccc1N1C(=O)CC(C)(C)CC1=O. The first-order valence-electron chi connectivity index (χ1n) is 6.99. The molecule has 0 radical (unpaired) electrons. The Morgan fingerprint density at radius 1 is 1.24 bits per heavy atom. The number of benzene rings is 1. The minimum absolute atomic E-state index is 0.139. The third-order valence-electron chi connectivity index (χ3n) is 3.53. The largest absolute Gasteiger partial charge is 0.320 e. The summed E-state index contributed by atoms with van der Waals surface area (Å²) in [7, 11) is 0. The van der Waals surface area contributed by atoms with Crippen molar-refractivity contribution in [1.82, 2.24) is 0 Å². The van der Waals surface area contributed by atoms with E-state index in [0.29, 0.717) is 25.1 Å². The summed E-state index contributed by atoms with van der Waals surface area (Å²) in [5.41, 5.74) is 7.44. The van der Waals surface area contributed by atoms with Gasteiger partial charge in [0.15, 0.2) is 0 Å². The van der Waals surface area contributed by atoms with E-state index in [4.69, 9.17) is 5.73 Å². The van der Waals surface area contributed by atoms with Gasteiger partial charge in [0.2, 0.25) is 11.8 Å². The number of aryl methyl sites for hydroxylation is 1. The van der Waals surface area contributed by atoms with E-state index in [9.17, 15) is 9.59 Å². The fourth-order valence-corrected chi connectivity index (χ4v) is 2.58. The van der Waals surface area contributed by atoms with Crippen LogP contribution in [-0.2, 0) is 9.59 Å². The zero-order valence-electron chi connectivity index (χ0n) is 12.7. The maximum Gasteiger partial charge on any atom is 0.234 e. The number of rotatable bonds is 1. The zero-order chi connectivity index (χ0) is 15.6. The molecule has 1 aromatic carbocycles. The summed E-state index contributed by atoms with van der Waals surface area (Å²) in [4.78, 5) is 25.9. The van der Waals surface area contributed by atoms with Gasteiger partial charge in [-0.15, -0.1) is 0 Å². The maximum absolute atomic E-state index is 12.3. The average Bonchev–Trinajstić information content (AvgIpc) is 2.36. The molecule has 4 heteroatoms. The van der Waals surface area contributed by atoms with Crippen LogP contribution < -0.4 is 10.6 Å². The van der Waals surface area contributed by atoms with Crippen LogP contribution in [0.25, 0.3) is 0 Å². The van der Waals surface area contributed by atoms with Gasteiger partial charge in [-0.25, -0.2) is 0 Å². The first-order valence-corrected chi connectivity index (χ1v) is 6.99. The van der Waals surface area contributed by atoms with Gasteiger partial charge in [0.1, 0.15) is 0 Å². The molecule has 21 heavy (non-hydrogen) atoms. The van der Waals surface area contributed by atoms with Gasteiger partial charge < -0.3 is 5.73 Å². The molecule has 1 heterocycles. The highest BCUT2D eigenvalue weighted by Gasteiger charge is 2.38. The lowest BCUT2D eigenvalue weighted by Gasteiger charge is -2.35. The highest BCUT2D eigenvalue weighted by atomic mass is 16.2. The second-order valence-corrected chi connectivity index (χ2v) is 6.15. The molecule has 0 saturated carbocycles. The molecule has 1 aliphatic rings. The number of carbonyl (C=O) groups excluding carboxylic acids is 2.